The molecule has 0 atom stereocenters. The molecular formula is C18H17N3O2. The highest BCUT2D eigenvalue weighted by Crippen LogP contribution is 2.10. The van der Waals surface area contributed by atoms with E-state index in [1.165, 1.54) is 4.57 Å². The molecule has 0 saturated heterocycles. The second-order valence-electron chi connectivity index (χ2n) is 5.27. The minimum absolute atomic E-state index is 0.101. The third-order valence-electron chi connectivity index (χ3n) is 3.67. The fourth-order valence-electron chi connectivity index (χ4n) is 2.36. The van der Waals surface area contributed by atoms with Crippen LogP contribution < -0.4 is 10.9 Å². The van der Waals surface area contributed by atoms with Crippen molar-refractivity contribution < 1.29 is 4.79 Å². The van der Waals surface area contributed by atoms with Crippen LogP contribution in [0, 0.1) is 0 Å². The number of nitrogens with zero attached hydrogens (tertiary/aromatic N) is 2. The van der Waals surface area contributed by atoms with Gasteiger partial charge in [0.25, 0.3) is 11.5 Å². The van der Waals surface area contributed by atoms with Crippen LogP contribution in [0.2, 0.25) is 0 Å². The Morgan fingerprint density at radius 1 is 1.00 bits per heavy atom. The molecule has 0 spiro atoms. The average Bonchev–Trinajstić information content (AvgIpc) is 3.10. The number of aryl methyl sites for hydroxylation is 1. The molecule has 3 rings (SSSR count). The lowest BCUT2D eigenvalue weighted by molar-refractivity contribution is 0.0950. The van der Waals surface area contributed by atoms with Gasteiger partial charge in [-0.05, 0) is 42.5 Å². The van der Waals surface area contributed by atoms with Crippen LogP contribution in [0.1, 0.15) is 15.9 Å². The van der Waals surface area contributed by atoms with Gasteiger partial charge in [0.1, 0.15) is 0 Å². The van der Waals surface area contributed by atoms with Gasteiger partial charge in [-0.3, -0.25) is 9.59 Å². The number of aromatic nitrogens is 2. The molecule has 2 heterocycles. The maximum Gasteiger partial charge on any atom is 0.255 e. The highest BCUT2D eigenvalue weighted by atomic mass is 16.2. The highest BCUT2D eigenvalue weighted by molar-refractivity contribution is 5.94. The van der Waals surface area contributed by atoms with Crippen LogP contribution in [0.4, 0.5) is 0 Å². The molecule has 5 nitrogen and oxygen atoms in total. The van der Waals surface area contributed by atoms with E-state index in [9.17, 15) is 9.59 Å². The van der Waals surface area contributed by atoms with Crippen molar-refractivity contribution in [3.8, 4) is 5.69 Å². The third kappa shape index (κ3) is 3.23. The first-order valence-electron chi connectivity index (χ1n) is 7.31. The smallest absolute Gasteiger partial charge is 0.255 e. The number of pyridine rings is 1. The van der Waals surface area contributed by atoms with E-state index in [-0.39, 0.29) is 18.0 Å². The largest absolute Gasteiger partial charge is 0.348 e. The normalized spacial score (nSPS) is 10.5. The van der Waals surface area contributed by atoms with E-state index in [2.05, 4.69) is 5.32 Å². The van der Waals surface area contributed by atoms with Crippen molar-refractivity contribution in [2.24, 2.45) is 7.05 Å². The Labute approximate surface area is 133 Å². The van der Waals surface area contributed by atoms with Crippen LogP contribution >= 0.6 is 0 Å². The second-order valence-corrected chi connectivity index (χ2v) is 5.27. The number of rotatable bonds is 4. The first kappa shape index (κ1) is 14.8. The lowest BCUT2D eigenvalue weighted by atomic mass is 10.2. The lowest BCUT2D eigenvalue weighted by Gasteiger charge is -2.07. The number of hydrogen-bond donors (Lipinski definition) is 1. The van der Waals surface area contributed by atoms with Crippen molar-refractivity contribution in [3.63, 3.8) is 0 Å². The van der Waals surface area contributed by atoms with Crippen LogP contribution in [0.3, 0.4) is 0 Å². The van der Waals surface area contributed by atoms with E-state index < -0.39 is 0 Å². The van der Waals surface area contributed by atoms with Crippen molar-refractivity contribution >= 4 is 5.91 Å². The van der Waals surface area contributed by atoms with Gasteiger partial charge in [0, 0.05) is 49.0 Å². The molecule has 116 valence electrons. The summed E-state index contributed by atoms with van der Waals surface area (Å²) in [6.07, 6.45) is 5.58. The maximum absolute atomic E-state index is 12.2. The number of benzene rings is 1. The van der Waals surface area contributed by atoms with Crippen molar-refractivity contribution in [1.82, 2.24) is 14.5 Å². The van der Waals surface area contributed by atoms with Crippen LogP contribution in [0.15, 0.2) is 71.9 Å². The molecular weight excluding hydrogens is 290 g/mol. The third-order valence-corrected chi connectivity index (χ3v) is 3.67. The Morgan fingerprint density at radius 2 is 1.70 bits per heavy atom. The maximum atomic E-state index is 12.2. The fraction of sp³-hybridized carbons (Fsp3) is 0.111. The van der Waals surface area contributed by atoms with Gasteiger partial charge in [-0.15, -0.1) is 0 Å². The zero-order chi connectivity index (χ0) is 16.2. The van der Waals surface area contributed by atoms with Gasteiger partial charge in [-0.25, -0.2) is 0 Å². The molecule has 3 aromatic rings. The Morgan fingerprint density at radius 3 is 2.39 bits per heavy atom. The Balaban J connectivity index is 1.69. The predicted molar refractivity (Wildman–Crippen MR) is 88.6 cm³/mol. The van der Waals surface area contributed by atoms with Gasteiger partial charge in [0.15, 0.2) is 0 Å². The van der Waals surface area contributed by atoms with E-state index in [1.54, 1.807) is 37.5 Å². The summed E-state index contributed by atoms with van der Waals surface area (Å²) in [6.45, 7) is 0.214. The zero-order valence-corrected chi connectivity index (χ0v) is 12.8. The number of carbonyl (C=O) groups is 1. The van der Waals surface area contributed by atoms with Crippen LogP contribution in [-0.2, 0) is 13.6 Å². The van der Waals surface area contributed by atoms with Crippen LogP contribution in [0.25, 0.3) is 5.69 Å². The van der Waals surface area contributed by atoms with Gasteiger partial charge in [0.2, 0.25) is 0 Å². The SMILES string of the molecule is Cn1cccc(CNC(=O)c2ccc(-n3cccc3)cc2)c1=O. The van der Waals surface area contributed by atoms with Crippen molar-refractivity contribution in [2.75, 3.05) is 0 Å². The average molecular weight is 307 g/mol. The zero-order valence-electron chi connectivity index (χ0n) is 12.8. The molecule has 0 aliphatic heterocycles. The van der Waals surface area contributed by atoms with E-state index in [4.69, 9.17) is 0 Å². The molecule has 1 aromatic carbocycles. The summed E-state index contributed by atoms with van der Waals surface area (Å²) >= 11 is 0. The van der Waals surface area contributed by atoms with Crippen molar-refractivity contribution in [1.29, 1.82) is 0 Å². The monoisotopic (exact) mass is 307 g/mol. The molecule has 0 aliphatic rings. The molecule has 0 saturated carbocycles. The molecule has 0 radical (unpaired) electrons. The summed E-state index contributed by atoms with van der Waals surface area (Å²) in [5.41, 5.74) is 2.01. The summed E-state index contributed by atoms with van der Waals surface area (Å²) in [5.74, 6) is -0.199. The van der Waals surface area contributed by atoms with Gasteiger partial charge < -0.3 is 14.5 Å². The van der Waals surface area contributed by atoms with Crippen molar-refractivity contribution in [3.05, 3.63) is 88.6 Å². The van der Waals surface area contributed by atoms with E-state index in [0.29, 0.717) is 11.1 Å². The van der Waals surface area contributed by atoms with E-state index >= 15 is 0 Å². The number of amides is 1. The topological polar surface area (TPSA) is 56.0 Å². The van der Waals surface area contributed by atoms with E-state index in [0.717, 1.165) is 5.69 Å². The second kappa shape index (κ2) is 6.36. The van der Waals surface area contributed by atoms with Crippen LogP contribution in [-0.4, -0.2) is 15.0 Å². The first-order chi connectivity index (χ1) is 11.1. The molecule has 0 fully saturated rings. The fourth-order valence-corrected chi connectivity index (χ4v) is 2.36. The van der Waals surface area contributed by atoms with E-state index in [1.807, 2.05) is 41.2 Å². The van der Waals surface area contributed by atoms with Crippen LogP contribution in [0.5, 0.6) is 0 Å². The number of nitrogens with one attached hydrogen (secondary N) is 1. The quantitative estimate of drug-likeness (QED) is 0.802. The molecule has 0 aliphatic carbocycles. The standard InChI is InChI=1S/C18H17N3O2/c1-20-10-4-5-15(18(20)23)13-19-17(22)14-6-8-16(9-7-14)21-11-2-3-12-21/h2-12H,13H2,1H3,(H,19,22). The molecule has 0 bridgehead atoms. The van der Waals surface area contributed by atoms with Gasteiger partial charge in [0.05, 0.1) is 0 Å². The highest BCUT2D eigenvalue weighted by Gasteiger charge is 2.07. The summed E-state index contributed by atoms with van der Waals surface area (Å²) in [6, 6.07) is 14.7. The Bertz CT molecular complexity index is 862. The first-order valence-corrected chi connectivity index (χ1v) is 7.31. The Hall–Kier alpha value is -3.08. The minimum Gasteiger partial charge on any atom is -0.348 e. The summed E-state index contributed by atoms with van der Waals surface area (Å²) in [4.78, 5) is 24.1. The number of carbonyl (C=O) groups excluding carboxylic acids is 1. The van der Waals surface area contributed by atoms with Crippen molar-refractivity contribution in [2.45, 2.75) is 6.54 Å². The van der Waals surface area contributed by atoms with Gasteiger partial charge in [-0.2, -0.15) is 0 Å². The number of hydrogen-bond acceptors (Lipinski definition) is 2. The lowest BCUT2D eigenvalue weighted by Crippen LogP contribution is -2.28. The molecule has 1 N–H and O–H groups in total. The minimum atomic E-state index is -0.199. The molecule has 5 heteroatoms. The molecule has 2 aromatic heterocycles. The molecule has 0 unspecified atom stereocenters. The van der Waals surface area contributed by atoms with Gasteiger partial charge in [-0.1, -0.05) is 6.07 Å². The predicted octanol–water partition coefficient (Wildman–Crippen LogP) is 2.11. The molecule has 1 amide bonds. The summed E-state index contributed by atoms with van der Waals surface area (Å²) in [5, 5.41) is 2.78. The summed E-state index contributed by atoms with van der Waals surface area (Å²) < 4.78 is 3.46. The van der Waals surface area contributed by atoms with Gasteiger partial charge >= 0.3 is 0 Å². The molecule has 23 heavy (non-hydrogen) atoms. The summed E-state index contributed by atoms with van der Waals surface area (Å²) in [7, 11) is 1.69. The Kier molecular flexibility index (Phi) is 4.10.